The highest BCUT2D eigenvalue weighted by molar-refractivity contribution is 5.98. The van der Waals surface area contributed by atoms with Crippen molar-refractivity contribution in [2.45, 2.75) is 39.0 Å². The maximum absolute atomic E-state index is 11.8. The van der Waals surface area contributed by atoms with Gasteiger partial charge >= 0.3 is 0 Å². The Morgan fingerprint density at radius 2 is 2.38 bits per heavy atom. The van der Waals surface area contributed by atoms with Crippen molar-refractivity contribution in [1.29, 1.82) is 0 Å². The van der Waals surface area contributed by atoms with Gasteiger partial charge in [-0.2, -0.15) is 0 Å². The second-order valence-electron chi connectivity index (χ2n) is 5.15. The normalized spacial score (nSPS) is 47.8. The van der Waals surface area contributed by atoms with E-state index in [0.717, 1.165) is 24.7 Å². The van der Waals surface area contributed by atoms with Crippen molar-refractivity contribution in [2.75, 3.05) is 0 Å². The SMILES string of the molecule is C[C@H]1CC=C2C(=O)C[C@@H]3CC[C@@]21C3. The Hall–Kier alpha value is -0.590. The molecule has 2 fully saturated rings. The highest BCUT2D eigenvalue weighted by atomic mass is 16.1. The van der Waals surface area contributed by atoms with E-state index in [0.29, 0.717) is 11.2 Å². The highest BCUT2D eigenvalue weighted by Crippen LogP contribution is 2.60. The number of allylic oxidation sites excluding steroid dienone is 2. The first-order chi connectivity index (χ1) is 6.22. The van der Waals surface area contributed by atoms with Gasteiger partial charge in [0.25, 0.3) is 0 Å². The summed E-state index contributed by atoms with van der Waals surface area (Å²) >= 11 is 0. The summed E-state index contributed by atoms with van der Waals surface area (Å²) in [7, 11) is 0. The lowest BCUT2D eigenvalue weighted by Gasteiger charge is -2.35. The van der Waals surface area contributed by atoms with Crippen molar-refractivity contribution in [3.8, 4) is 0 Å². The van der Waals surface area contributed by atoms with Crippen LogP contribution in [-0.2, 0) is 4.79 Å². The molecule has 3 rings (SSSR count). The fourth-order valence-electron chi connectivity index (χ4n) is 3.80. The monoisotopic (exact) mass is 176 g/mol. The number of ketones is 1. The second kappa shape index (κ2) is 2.26. The van der Waals surface area contributed by atoms with Crippen molar-refractivity contribution in [2.24, 2.45) is 17.3 Å². The summed E-state index contributed by atoms with van der Waals surface area (Å²) in [6.07, 6.45) is 8.12. The van der Waals surface area contributed by atoms with Crippen LogP contribution in [0.2, 0.25) is 0 Å². The minimum atomic E-state index is 0.347. The van der Waals surface area contributed by atoms with E-state index in [2.05, 4.69) is 13.0 Å². The van der Waals surface area contributed by atoms with Crippen LogP contribution < -0.4 is 0 Å². The van der Waals surface area contributed by atoms with Crippen LogP contribution in [0.15, 0.2) is 11.6 Å². The number of hydrogen-bond donors (Lipinski definition) is 0. The first kappa shape index (κ1) is 7.78. The average molecular weight is 176 g/mol. The van der Waals surface area contributed by atoms with Crippen molar-refractivity contribution in [3.63, 3.8) is 0 Å². The van der Waals surface area contributed by atoms with Gasteiger partial charge < -0.3 is 0 Å². The Balaban J connectivity index is 2.10. The minimum absolute atomic E-state index is 0.347. The Labute approximate surface area is 79.2 Å². The van der Waals surface area contributed by atoms with Crippen molar-refractivity contribution in [1.82, 2.24) is 0 Å². The van der Waals surface area contributed by atoms with Crippen LogP contribution in [0.4, 0.5) is 0 Å². The number of Topliss-reactive ketones (excluding diaryl/α,β-unsaturated/α-hetero) is 1. The maximum Gasteiger partial charge on any atom is 0.159 e. The molecule has 1 heteroatoms. The topological polar surface area (TPSA) is 17.1 Å². The molecule has 0 aliphatic heterocycles. The van der Waals surface area contributed by atoms with Gasteiger partial charge in [-0.3, -0.25) is 4.79 Å². The zero-order valence-corrected chi connectivity index (χ0v) is 8.18. The van der Waals surface area contributed by atoms with Gasteiger partial charge in [0.05, 0.1) is 0 Å². The zero-order valence-electron chi connectivity index (χ0n) is 8.18. The maximum atomic E-state index is 11.8. The van der Waals surface area contributed by atoms with Crippen LogP contribution in [0.5, 0.6) is 0 Å². The lowest BCUT2D eigenvalue weighted by Crippen LogP contribution is -2.31. The standard InChI is InChI=1S/C12H16O/c1-8-2-3-10-11(13)6-9-4-5-12(8,10)7-9/h3,8-9H,2,4-7H2,1H3/t8-,9-,12-/m0/s1. The second-order valence-corrected chi connectivity index (χ2v) is 5.15. The Morgan fingerprint density at radius 3 is 3.23 bits per heavy atom. The molecule has 0 N–H and O–H groups in total. The first-order valence-corrected chi connectivity index (χ1v) is 5.46. The van der Waals surface area contributed by atoms with Gasteiger partial charge in [0.15, 0.2) is 5.78 Å². The molecule has 2 bridgehead atoms. The predicted molar refractivity (Wildman–Crippen MR) is 51.3 cm³/mol. The third-order valence-electron chi connectivity index (χ3n) is 4.58. The van der Waals surface area contributed by atoms with Crippen LogP contribution >= 0.6 is 0 Å². The number of carbonyl (C=O) groups excluding carboxylic acids is 1. The van der Waals surface area contributed by atoms with E-state index in [9.17, 15) is 4.79 Å². The molecule has 0 heterocycles. The van der Waals surface area contributed by atoms with Crippen LogP contribution in [0, 0.1) is 17.3 Å². The Bertz CT molecular complexity index is 302. The smallest absolute Gasteiger partial charge is 0.159 e. The molecule has 3 aliphatic carbocycles. The van der Waals surface area contributed by atoms with Crippen LogP contribution in [0.25, 0.3) is 0 Å². The summed E-state index contributed by atoms with van der Waals surface area (Å²) in [6.45, 7) is 2.32. The largest absolute Gasteiger partial charge is 0.295 e. The quantitative estimate of drug-likeness (QED) is 0.554. The molecule has 1 spiro atoms. The lowest BCUT2D eigenvalue weighted by atomic mass is 9.68. The van der Waals surface area contributed by atoms with E-state index in [1.807, 2.05) is 0 Å². The molecule has 0 saturated heterocycles. The van der Waals surface area contributed by atoms with E-state index >= 15 is 0 Å². The minimum Gasteiger partial charge on any atom is -0.295 e. The molecule has 3 aliphatic rings. The van der Waals surface area contributed by atoms with Crippen molar-refractivity contribution in [3.05, 3.63) is 11.6 Å². The predicted octanol–water partition coefficient (Wildman–Crippen LogP) is 2.71. The van der Waals surface area contributed by atoms with Crippen LogP contribution in [0.1, 0.15) is 39.0 Å². The zero-order chi connectivity index (χ0) is 9.05. The third kappa shape index (κ3) is 0.806. The number of carbonyl (C=O) groups is 1. The fourth-order valence-corrected chi connectivity index (χ4v) is 3.80. The Kier molecular flexibility index (Phi) is 1.35. The van der Waals surface area contributed by atoms with Crippen molar-refractivity contribution >= 4 is 5.78 Å². The van der Waals surface area contributed by atoms with Crippen LogP contribution in [-0.4, -0.2) is 5.78 Å². The van der Waals surface area contributed by atoms with Gasteiger partial charge in [0, 0.05) is 11.8 Å². The molecule has 0 radical (unpaired) electrons. The molecule has 13 heavy (non-hydrogen) atoms. The van der Waals surface area contributed by atoms with Gasteiger partial charge in [-0.15, -0.1) is 0 Å². The summed E-state index contributed by atoms with van der Waals surface area (Å²) in [6, 6.07) is 0. The molecular weight excluding hydrogens is 160 g/mol. The molecule has 0 unspecified atom stereocenters. The first-order valence-electron chi connectivity index (χ1n) is 5.46. The van der Waals surface area contributed by atoms with Crippen molar-refractivity contribution < 1.29 is 4.79 Å². The van der Waals surface area contributed by atoms with Gasteiger partial charge in [0.2, 0.25) is 0 Å². The van der Waals surface area contributed by atoms with Gasteiger partial charge in [-0.05, 0) is 43.1 Å². The molecule has 0 amide bonds. The van der Waals surface area contributed by atoms with Gasteiger partial charge in [0.1, 0.15) is 0 Å². The van der Waals surface area contributed by atoms with Gasteiger partial charge in [-0.1, -0.05) is 13.0 Å². The highest BCUT2D eigenvalue weighted by Gasteiger charge is 2.53. The molecule has 0 aromatic heterocycles. The molecule has 2 saturated carbocycles. The summed E-state index contributed by atoms with van der Waals surface area (Å²) in [5, 5.41) is 0. The molecule has 0 aromatic rings. The number of fused-ring (bicyclic) bond motifs is 1. The third-order valence-corrected chi connectivity index (χ3v) is 4.58. The van der Waals surface area contributed by atoms with E-state index in [1.54, 1.807) is 0 Å². The molecule has 1 nitrogen and oxygen atoms in total. The summed E-state index contributed by atoms with van der Waals surface area (Å²) in [4.78, 5) is 11.8. The summed E-state index contributed by atoms with van der Waals surface area (Å²) in [5.41, 5.74) is 1.56. The fraction of sp³-hybridized carbons (Fsp3) is 0.750. The van der Waals surface area contributed by atoms with E-state index in [1.165, 1.54) is 24.8 Å². The van der Waals surface area contributed by atoms with E-state index in [-0.39, 0.29) is 0 Å². The van der Waals surface area contributed by atoms with E-state index in [4.69, 9.17) is 0 Å². The number of rotatable bonds is 0. The number of hydrogen-bond acceptors (Lipinski definition) is 1. The summed E-state index contributed by atoms with van der Waals surface area (Å²) in [5.74, 6) is 1.93. The average Bonchev–Trinajstić information content (AvgIpc) is 2.59. The Morgan fingerprint density at radius 1 is 1.54 bits per heavy atom. The molecular formula is C12H16O. The lowest BCUT2D eigenvalue weighted by molar-refractivity contribution is -0.118. The molecule has 0 aromatic carbocycles. The molecule has 70 valence electrons. The van der Waals surface area contributed by atoms with Crippen LogP contribution in [0.3, 0.4) is 0 Å². The van der Waals surface area contributed by atoms with Gasteiger partial charge in [-0.25, -0.2) is 0 Å². The van der Waals surface area contributed by atoms with E-state index < -0.39 is 0 Å². The summed E-state index contributed by atoms with van der Waals surface area (Å²) < 4.78 is 0. The molecule has 3 atom stereocenters.